The van der Waals surface area contributed by atoms with Crippen molar-refractivity contribution in [2.45, 2.75) is 45.4 Å². The molecular weight excluding hydrogens is 670 g/mol. The second-order valence-corrected chi connectivity index (χ2v) is 14.7. The molecule has 0 saturated carbocycles. The molecule has 0 bridgehead atoms. The maximum atomic E-state index is 14.7. The van der Waals surface area contributed by atoms with Gasteiger partial charge in [0.05, 0.1) is 30.2 Å². The van der Waals surface area contributed by atoms with Crippen molar-refractivity contribution in [3.05, 3.63) is 89.8 Å². The van der Waals surface area contributed by atoms with Crippen molar-refractivity contribution < 1.29 is 28.2 Å². The van der Waals surface area contributed by atoms with Crippen LogP contribution in [-0.4, -0.2) is 82.1 Å². The van der Waals surface area contributed by atoms with Gasteiger partial charge in [-0.2, -0.15) is 5.10 Å². The van der Waals surface area contributed by atoms with E-state index >= 15 is 0 Å². The lowest BCUT2D eigenvalue weighted by Gasteiger charge is -2.38. The van der Waals surface area contributed by atoms with Crippen LogP contribution < -0.4 is 4.74 Å². The second kappa shape index (κ2) is 13.9. The number of thiophene rings is 1. The van der Waals surface area contributed by atoms with Gasteiger partial charge in [-0.05, 0) is 74.0 Å². The van der Waals surface area contributed by atoms with Crippen LogP contribution in [0.4, 0.5) is 9.18 Å². The van der Waals surface area contributed by atoms with Crippen LogP contribution in [0.5, 0.6) is 5.75 Å². The maximum Gasteiger partial charge on any atom is 0.410 e. The Kier molecular flexibility index (Phi) is 9.38. The Labute approximate surface area is 300 Å². The molecule has 2 aliphatic heterocycles. The highest BCUT2D eigenvalue weighted by atomic mass is 32.1. The Balaban J connectivity index is 1.32. The van der Waals surface area contributed by atoms with Crippen molar-refractivity contribution in [3.8, 4) is 39.4 Å². The number of rotatable bonds is 9. The van der Waals surface area contributed by atoms with Crippen molar-refractivity contribution in [2.24, 2.45) is 0 Å². The fraction of sp³-hybridized carbons (Fsp3) is 0.333. The van der Waals surface area contributed by atoms with Crippen LogP contribution in [0.15, 0.2) is 72.9 Å². The Morgan fingerprint density at radius 2 is 1.86 bits per heavy atom. The van der Waals surface area contributed by atoms with Crippen molar-refractivity contribution in [1.82, 2.24) is 24.6 Å². The number of ether oxygens (including phenoxy) is 3. The summed E-state index contributed by atoms with van der Waals surface area (Å²) in [5.41, 5.74) is 6.43. The Morgan fingerprint density at radius 1 is 1.04 bits per heavy atom. The molecule has 1 saturated heterocycles. The molecule has 2 aromatic carbocycles. The number of pyridine rings is 1. The fourth-order valence-corrected chi connectivity index (χ4v) is 7.49. The standard InChI is InChI=1S/C39H40FN5O5S/c1-6-33(46)44-22-29(23-44)45-21-27(19-41-45)36-34(30-10-9-28(40)18-32(30)49-15-14-48-5)37-31(12-16-51-37)35(42-36)25-7-8-26-20-43(13-11-24(26)17-25)38(47)50-39(2,3)4/h6-10,12,16-19,21,29H,1,11,13-15,20,22-23H2,2-5H3. The highest BCUT2D eigenvalue weighted by molar-refractivity contribution is 7.18. The molecule has 1 fully saturated rings. The van der Waals surface area contributed by atoms with Crippen LogP contribution in [-0.2, 0) is 27.2 Å². The van der Waals surface area contributed by atoms with Gasteiger partial charge in [-0.1, -0.05) is 18.7 Å². The maximum absolute atomic E-state index is 14.7. The Hall–Kier alpha value is -5.07. The molecule has 2 amide bonds. The van der Waals surface area contributed by atoms with E-state index < -0.39 is 11.4 Å². The molecule has 0 N–H and O–H groups in total. The molecule has 7 rings (SSSR count). The second-order valence-electron chi connectivity index (χ2n) is 13.8. The summed E-state index contributed by atoms with van der Waals surface area (Å²) in [5.74, 6) is -0.114. The molecule has 0 unspecified atom stereocenters. The molecular formula is C39H40FN5O5S. The Morgan fingerprint density at radius 3 is 2.63 bits per heavy atom. The largest absolute Gasteiger partial charge is 0.490 e. The first-order chi connectivity index (χ1) is 24.5. The van der Waals surface area contributed by atoms with Crippen molar-refractivity contribution in [2.75, 3.05) is 40.0 Å². The molecule has 0 spiro atoms. The van der Waals surface area contributed by atoms with Gasteiger partial charge >= 0.3 is 6.09 Å². The van der Waals surface area contributed by atoms with Crippen molar-refractivity contribution >= 4 is 33.4 Å². The van der Waals surface area contributed by atoms with Gasteiger partial charge in [0.25, 0.3) is 0 Å². The molecule has 3 aromatic heterocycles. The summed E-state index contributed by atoms with van der Waals surface area (Å²) in [6.07, 6.45) is 5.46. The molecule has 5 heterocycles. The highest BCUT2D eigenvalue weighted by Crippen LogP contribution is 2.46. The number of methoxy groups -OCH3 is 1. The van der Waals surface area contributed by atoms with Gasteiger partial charge in [-0.15, -0.1) is 11.3 Å². The number of likely N-dealkylation sites (tertiary alicyclic amines) is 1. The zero-order chi connectivity index (χ0) is 35.9. The molecule has 0 radical (unpaired) electrons. The van der Waals surface area contributed by atoms with E-state index in [0.717, 1.165) is 43.6 Å². The Bertz CT molecular complexity index is 2130. The SMILES string of the molecule is C=CC(=O)N1CC(n2cc(-c3nc(-c4ccc5c(c4)CCN(C(=O)OC(C)(C)C)C5)c4ccsc4c3-c3ccc(F)cc3OCCOC)cn2)C1. The van der Waals surface area contributed by atoms with Gasteiger partial charge in [0.1, 0.15) is 23.8 Å². The lowest BCUT2D eigenvalue weighted by Crippen LogP contribution is -2.50. The average Bonchev–Trinajstić information content (AvgIpc) is 3.77. The minimum atomic E-state index is -0.563. The first-order valence-electron chi connectivity index (χ1n) is 16.9. The third kappa shape index (κ3) is 6.98. The van der Waals surface area contributed by atoms with Crippen LogP contribution in [0.3, 0.4) is 0 Å². The van der Waals surface area contributed by atoms with Crippen molar-refractivity contribution in [1.29, 1.82) is 0 Å². The smallest absolute Gasteiger partial charge is 0.410 e. The van der Waals surface area contributed by atoms with Crippen molar-refractivity contribution in [3.63, 3.8) is 0 Å². The first-order valence-corrected chi connectivity index (χ1v) is 17.8. The summed E-state index contributed by atoms with van der Waals surface area (Å²) in [4.78, 5) is 33.8. The molecule has 51 heavy (non-hydrogen) atoms. The first kappa shape index (κ1) is 34.4. The summed E-state index contributed by atoms with van der Waals surface area (Å²) in [5, 5.41) is 7.70. The minimum Gasteiger partial charge on any atom is -0.490 e. The number of carbonyl (C=O) groups excluding carboxylic acids is 2. The lowest BCUT2D eigenvalue weighted by molar-refractivity contribution is -0.131. The minimum absolute atomic E-state index is 0.0238. The zero-order valence-electron chi connectivity index (χ0n) is 29.1. The number of aromatic nitrogens is 3. The number of hydrogen-bond acceptors (Lipinski definition) is 8. The number of amides is 2. The monoisotopic (exact) mass is 709 g/mol. The van der Waals surface area contributed by atoms with E-state index in [0.29, 0.717) is 56.2 Å². The van der Waals surface area contributed by atoms with Gasteiger partial charge in [0.2, 0.25) is 5.91 Å². The average molecular weight is 710 g/mol. The number of benzene rings is 2. The molecule has 2 aliphatic rings. The molecule has 5 aromatic rings. The van der Waals surface area contributed by atoms with Crippen LogP contribution in [0.1, 0.15) is 37.9 Å². The molecule has 0 atom stereocenters. The van der Waals surface area contributed by atoms with E-state index in [9.17, 15) is 14.0 Å². The molecule has 264 valence electrons. The normalized spacial score (nSPS) is 14.7. The number of nitrogens with zero attached hydrogens (tertiary/aromatic N) is 5. The van der Waals surface area contributed by atoms with Gasteiger partial charge < -0.3 is 24.0 Å². The topological polar surface area (TPSA) is 99.0 Å². The summed E-state index contributed by atoms with van der Waals surface area (Å²) >= 11 is 1.59. The van der Waals surface area contributed by atoms with Gasteiger partial charge in [-0.3, -0.25) is 9.48 Å². The highest BCUT2D eigenvalue weighted by Gasteiger charge is 2.32. The predicted octanol–water partition coefficient (Wildman–Crippen LogP) is 7.52. The van der Waals surface area contributed by atoms with E-state index in [1.54, 1.807) is 40.5 Å². The van der Waals surface area contributed by atoms with E-state index in [4.69, 9.17) is 24.3 Å². The lowest BCUT2D eigenvalue weighted by atomic mass is 9.93. The number of hydrogen-bond donors (Lipinski definition) is 0. The van der Waals surface area contributed by atoms with Gasteiger partial charge in [0.15, 0.2) is 0 Å². The number of halogens is 1. The van der Waals surface area contributed by atoms with E-state index in [2.05, 4.69) is 30.8 Å². The number of carbonyl (C=O) groups is 2. The molecule has 10 nitrogen and oxygen atoms in total. The van der Waals surface area contributed by atoms with Gasteiger partial charge in [-0.25, -0.2) is 14.2 Å². The van der Waals surface area contributed by atoms with Gasteiger partial charge in [0, 0.05) is 77.9 Å². The third-order valence-electron chi connectivity index (χ3n) is 9.11. The molecule has 0 aliphatic carbocycles. The van der Waals surface area contributed by atoms with Crippen LogP contribution in [0.2, 0.25) is 0 Å². The zero-order valence-corrected chi connectivity index (χ0v) is 30.0. The van der Waals surface area contributed by atoms with E-state index in [1.165, 1.54) is 18.2 Å². The summed E-state index contributed by atoms with van der Waals surface area (Å²) < 4.78 is 34.4. The van der Waals surface area contributed by atoms with Crippen LogP contribution >= 0.6 is 11.3 Å². The number of fused-ring (bicyclic) bond motifs is 2. The summed E-state index contributed by atoms with van der Waals surface area (Å²) in [7, 11) is 1.59. The predicted molar refractivity (Wildman–Crippen MR) is 195 cm³/mol. The summed E-state index contributed by atoms with van der Waals surface area (Å²) in [6.45, 7) is 11.9. The van der Waals surface area contributed by atoms with Crippen LogP contribution in [0.25, 0.3) is 43.7 Å². The fourth-order valence-electron chi connectivity index (χ4n) is 6.53. The van der Waals surface area contributed by atoms with E-state index in [-0.39, 0.29) is 24.6 Å². The van der Waals surface area contributed by atoms with Crippen LogP contribution in [0, 0.1) is 5.82 Å². The summed E-state index contributed by atoms with van der Waals surface area (Å²) in [6, 6.07) is 13.0. The molecule has 12 heteroatoms. The third-order valence-corrected chi connectivity index (χ3v) is 10.0. The quantitative estimate of drug-likeness (QED) is 0.115. The van der Waals surface area contributed by atoms with E-state index in [1.807, 2.05) is 37.0 Å².